The largest absolute Gasteiger partial charge is 0.299 e. The lowest BCUT2D eigenvalue weighted by atomic mass is 9.89. The van der Waals surface area contributed by atoms with Crippen LogP contribution < -0.4 is 0 Å². The molecule has 2 aliphatic heterocycles. The third kappa shape index (κ3) is 3.06. The Labute approximate surface area is 159 Å². The van der Waals surface area contributed by atoms with Crippen molar-refractivity contribution in [3.05, 3.63) is 52.1 Å². The predicted molar refractivity (Wildman–Crippen MR) is 102 cm³/mol. The highest BCUT2D eigenvalue weighted by Gasteiger charge is 2.46. The molecule has 0 N–H and O–H groups in total. The van der Waals surface area contributed by atoms with Crippen LogP contribution in [-0.2, 0) is 20.0 Å². The monoisotopic (exact) mass is 376 g/mol. The van der Waals surface area contributed by atoms with Gasteiger partial charge in [0.05, 0.1) is 5.69 Å². The van der Waals surface area contributed by atoms with Crippen molar-refractivity contribution in [1.29, 1.82) is 0 Å². The molecule has 2 fully saturated rings. The zero-order chi connectivity index (χ0) is 18.4. The molecule has 4 nitrogen and oxygen atoms in total. The van der Waals surface area contributed by atoms with Crippen LogP contribution >= 0.6 is 11.6 Å². The predicted octanol–water partition coefficient (Wildman–Crippen LogP) is 3.51. The zero-order valence-electron chi connectivity index (χ0n) is 15.6. The molecule has 1 aromatic heterocycles. The number of aromatic nitrogens is 2. The van der Waals surface area contributed by atoms with Crippen LogP contribution in [0.25, 0.3) is 0 Å². The fourth-order valence-electron chi connectivity index (χ4n) is 4.94. The molecular formula is C20H26ClFN4. The average Bonchev–Trinajstić information content (AvgIpc) is 3.20. The van der Waals surface area contributed by atoms with Crippen molar-refractivity contribution in [3.63, 3.8) is 0 Å². The first-order valence-corrected chi connectivity index (χ1v) is 9.74. The maximum Gasteiger partial charge on any atom is 0.131 e. The van der Waals surface area contributed by atoms with E-state index < -0.39 is 0 Å². The molecule has 0 amide bonds. The first-order valence-electron chi connectivity index (χ1n) is 9.36. The van der Waals surface area contributed by atoms with E-state index in [9.17, 15) is 4.39 Å². The summed E-state index contributed by atoms with van der Waals surface area (Å²) in [6.07, 6.45) is 0.894. The van der Waals surface area contributed by atoms with Gasteiger partial charge in [-0.05, 0) is 43.0 Å². The number of benzene rings is 1. The molecule has 3 atom stereocenters. The molecule has 0 spiro atoms. The Balaban J connectivity index is 1.53. The van der Waals surface area contributed by atoms with Crippen LogP contribution in [-0.4, -0.2) is 46.3 Å². The summed E-state index contributed by atoms with van der Waals surface area (Å²) in [4.78, 5) is 4.88. The molecule has 26 heavy (non-hydrogen) atoms. The van der Waals surface area contributed by atoms with Crippen LogP contribution in [0.4, 0.5) is 4.39 Å². The second-order valence-electron chi connectivity index (χ2n) is 7.75. The van der Waals surface area contributed by atoms with E-state index in [0.717, 1.165) is 54.6 Å². The minimum absolute atomic E-state index is 0.149. The minimum Gasteiger partial charge on any atom is -0.299 e. The van der Waals surface area contributed by atoms with E-state index in [1.807, 2.05) is 13.1 Å². The summed E-state index contributed by atoms with van der Waals surface area (Å²) in [7, 11) is 4.06. The number of hydrogen-bond acceptors (Lipinski definition) is 3. The van der Waals surface area contributed by atoms with Crippen LogP contribution in [0.5, 0.6) is 0 Å². The maximum atomic E-state index is 13.7. The highest BCUT2D eigenvalue weighted by Crippen LogP contribution is 2.44. The zero-order valence-corrected chi connectivity index (χ0v) is 16.4. The molecule has 6 heteroatoms. The van der Waals surface area contributed by atoms with Crippen LogP contribution in [0.2, 0.25) is 5.15 Å². The summed E-state index contributed by atoms with van der Waals surface area (Å²) in [6.45, 7) is 6.11. The summed E-state index contributed by atoms with van der Waals surface area (Å²) in [5.74, 6) is 1.00. The van der Waals surface area contributed by atoms with Crippen molar-refractivity contribution >= 4 is 11.6 Å². The first kappa shape index (κ1) is 18.0. The number of nitrogens with zero attached hydrogens (tertiary/aromatic N) is 4. The number of halogens is 2. The molecular weight excluding hydrogens is 351 g/mol. The molecule has 4 rings (SSSR count). The molecule has 0 radical (unpaired) electrons. The lowest BCUT2D eigenvalue weighted by Gasteiger charge is -2.27. The quantitative estimate of drug-likeness (QED) is 0.816. The van der Waals surface area contributed by atoms with E-state index in [0.29, 0.717) is 11.8 Å². The van der Waals surface area contributed by atoms with Gasteiger partial charge in [-0.25, -0.2) is 4.39 Å². The van der Waals surface area contributed by atoms with E-state index in [2.05, 4.69) is 34.9 Å². The fourth-order valence-corrected chi connectivity index (χ4v) is 5.14. The van der Waals surface area contributed by atoms with E-state index in [-0.39, 0.29) is 11.9 Å². The molecule has 2 saturated heterocycles. The summed E-state index contributed by atoms with van der Waals surface area (Å²) in [5.41, 5.74) is 3.34. The van der Waals surface area contributed by atoms with Gasteiger partial charge in [-0.2, -0.15) is 5.10 Å². The normalized spacial score (nSPS) is 26.6. The number of likely N-dealkylation sites (tertiary alicyclic amines) is 2. The minimum atomic E-state index is -0.149. The number of hydrogen-bond donors (Lipinski definition) is 0. The van der Waals surface area contributed by atoms with Gasteiger partial charge in [-0.3, -0.25) is 14.5 Å². The van der Waals surface area contributed by atoms with Crippen LogP contribution in [0.1, 0.15) is 29.8 Å². The van der Waals surface area contributed by atoms with Gasteiger partial charge in [-0.15, -0.1) is 0 Å². The second-order valence-corrected chi connectivity index (χ2v) is 8.11. The Hall–Kier alpha value is -1.43. The lowest BCUT2D eigenvalue weighted by Crippen LogP contribution is -2.29. The van der Waals surface area contributed by atoms with Crippen molar-refractivity contribution in [2.24, 2.45) is 18.9 Å². The first-order chi connectivity index (χ1) is 12.5. The fraction of sp³-hybridized carbons (Fsp3) is 0.550. The average molecular weight is 377 g/mol. The van der Waals surface area contributed by atoms with Crippen LogP contribution in [0, 0.1) is 17.7 Å². The molecule has 0 unspecified atom stereocenters. The van der Waals surface area contributed by atoms with Crippen LogP contribution in [0.15, 0.2) is 24.3 Å². The Bertz CT molecular complexity index is 805. The third-order valence-electron chi connectivity index (χ3n) is 6.03. The van der Waals surface area contributed by atoms with Gasteiger partial charge in [0.15, 0.2) is 0 Å². The summed E-state index contributed by atoms with van der Waals surface area (Å²) in [6, 6.07) is 7.38. The van der Waals surface area contributed by atoms with Crippen molar-refractivity contribution in [1.82, 2.24) is 19.6 Å². The Morgan fingerprint density at radius 3 is 2.77 bits per heavy atom. The highest BCUT2D eigenvalue weighted by molar-refractivity contribution is 6.30. The molecule has 3 heterocycles. The van der Waals surface area contributed by atoms with Gasteiger partial charge in [-0.1, -0.05) is 30.7 Å². The SMILES string of the molecule is CCc1nn(C)c(Cl)c1CN1C[C@@H]2CN(C)[C@@H](c3cccc(F)c3)[C@@H]2C1. The summed E-state index contributed by atoms with van der Waals surface area (Å²) >= 11 is 6.48. The van der Waals surface area contributed by atoms with Crippen molar-refractivity contribution in [2.45, 2.75) is 25.9 Å². The Kier molecular flexibility index (Phi) is 4.80. The van der Waals surface area contributed by atoms with Gasteiger partial charge in [0.25, 0.3) is 0 Å². The number of aryl methyl sites for hydroxylation is 2. The third-order valence-corrected chi connectivity index (χ3v) is 6.50. The van der Waals surface area contributed by atoms with Crippen LogP contribution in [0.3, 0.4) is 0 Å². The summed E-state index contributed by atoms with van der Waals surface area (Å²) in [5, 5.41) is 5.28. The van der Waals surface area contributed by atoms with E-state index in [4.69, 9.17) is 11.6 Å². The lowest BCUT2D eigenvalue weighted by molar-refractivity contribution is 0.224. The molecule has 2 aliphatic rings. The standard InChI is InChI=1S/C20H26ClFN4/c1-4-18-17(20(21)25(3)23-18)12-26-10-14-9-24(2)19(16(14)11-26)13-6-5-7-15(22)8-13/h5-8,14,16,19H,4,9-12H2,1-3H3/t14-,16+,19-/m0/s1. The molecule has 0 saturated carbocycles. The van der Waals surface area contributed by atoms with Gasteiger partial charge in [0.2, 0.25) is 0 Å². The molecule has 1 aromatic carbocycles. The van der Waals surface area contributed by atoms with Gasteiger partial charge in [0, 0.05) is 44.8 Å². The van der Waals surface area contributed by atoms with E-state index in [1.165, 1.54) is 6.07 Å². The number of rotatable bonds is 4. The summed E-state index contributed by atoms with van der Waals surface area (Å²) < 4.78 is 15.5. The molecule has 0 bridgehead atoms. The number of fused-ring (bicyclic) bond motifs is 1. The Morgan fingerprint density at radius 2 is 2.04 bits per heavy atom. The Morgan fingerprint density at radius 1 is 1.23 bits per heavy atom. The van der Waals surface area contributed by atoms with E-state index >= 15 is 0 Å². The van der Waals surface area contributed by atoms with Gasteiger partial charge >= 0.3 is 0 Å². The van der Waals surface area contributed by atoms with Gasteiger partial charge in [0.1, 0.15) is 11.0 Å². The van der Waals surface area contributed by atoms with Crippen molar-refractivity contribution in [3.8, 4) is 0 Å². The van der Waals surface area contributed by atoms with Gasteiger partial charge < -0.3 is 0 Å². The molecule has 0 aliphatic carbocycles. The topological polar surface area (TPSA) is 24.3 Å². The smallest absolute Gasteiger partial charge is 0.131 e. The molecule has 2 aromatic rings. The second kappa shape index (κ2) is 6.95. The van der Waals surface area contributed by atoms with E-state index in [1.54, 1.807) is 10.7 Å². The van der Waals surface area contributed by atoms with Crippen molar-refractivity contribution in [2.75, 3.05) is 26.7 Å². The van der Waals surface area contributed by atoms with Crippen molar-refractivity contribution < 1.29 is 4.39 Å². The molecule has 140 valence electrons. The highest BCUT2D eigenvalue weighted by atomic mass is 35.5. The maximum absolute atomic E-state index is 13.7.